The first-order valence-electron chi connectivity index (χ1n) is 11.6. The van der Waals surface area contributed by atoms with E-state index in [1.54, 1.807) is 29.2 Å². The minimum Gasteiger partial charge on any atom is -0.497 e. The van der Waals surface area contributed by atoms with Gasteiger partial charge in [0.15, 0.2) is 0 Å². The molecule has 1 N–H and O–H groups in total. The Hall–Kier alpha value is -3.55. The number of benzene rings is 3. The van der Waals surface area contributed by atoms with E-state index >= 15 is 0 Å². The van der Waals surface area contributed by atoms with Gasteiger partial charge in [-0.3, -0.25) is 4.79 Å². The van der Waals surface area contributed by atoms with Crippen LogP contribution in [0.1, 0.15) is 29.5 Å². The number of nitrogens with zero attached hydrogens (tertiary/aromatic N) is 1. The number of methoxy groups -OCH3 is 1. The van der Waals surface area contributed by atoms with Crippen molar-refractivity contribution < 1.29 is 32.2 Å². The normalized spacial score (nSPS) is 17.9. The summed E-state index contributed by atoms with van der Waals surface area (Å²) in [5, 5.41) is 9.16. The first-order chi connectivity index (χ1) is 17.0. The van der Waals surface area contributed by atoms with Gasteiger partial charge in [0.25, 0.3) is 0 Å². The number of carboxylic acid groups (broad SMARTS) is 1. The molecule has 1 aliphatic rings. The standard InChI is InChI=1S/C28H27F4NO3/c1-17-11-20(25-15-24(36-2)9-10-26(25)29)6-5-19(17)12-18-3-7-22(8-4-18)33-16-21(28(30,31)32)13-23(33)14-27(34)35/h3-11,15,21,23H,12-14,16H2,1-2H3,(H,34,35)/t21-,23-/m0/s1. The van der Waals surface area contributed by atoms with E-state index in [1.165, 1.54) is 13.2 Å². The fraction of sp³-hybridized carbons (Fsp3) is 0.321. The van der Waals surface area contributed by atoms with Gasteiger partial charge in [-0.05, 0) is 72.4 Å². The molecule has 4 rings (SSSR count). The SMILES string of the molecule is COc1ccc(F)c(-c2ccc(Cc3ccc(N4C[C@@H](C(F)(F)F)C[C@H]4CC(=O)O)cc3)c(C)c2)c1. The van der Waals surface area contributed by atoms with Crippen molar-refractivity contribution in [3.8, 4) is 16.9 Å². The molecule has 36 heavy (non-hydrogen) atoms. The highest BCUT2D eigenvalue weighted by molar-refractivity contribution is 5.69. The van der Waals surface area contributed by atoms with Crippen molar-refractivity contribution in [3.05, 3.63) is 83.2 Å². The Labute approximate surface area is 207 Å². The Bertz CT molecular complexity index is 1240. The third-order valence-corrected chi connectivity index (χ3v) is 6.78. The molecule has 1 aliphatic heterocycles. The average molecular weight is 502 g/mol. The zero-order chi connectivity index (χ0) is 26.0. The van der Waals surface area contributed by atoms with Gasteiger partial charge in [-0.25, -0.2) is 4.39 Å². The lowest BCUT2D eigenvalue weighted by Crippen LogP contribution is -2.32. The summed E-state index contributed by atoms with van der Waals surface area (Å²) in [5.74, 6) is -2.43. The topological polar surface area (TPSA) is 49.8 Å². The monoisotopic (exact) mass is 501 g/mol. The Morgan fingerprint density at radius 3 is 2.42 bits per heavy atom. The number of carboxylic acids is 1. The summed E-state index contributed by atoms with van der Waals surface area (Å²) >= 11 is 0. The summed E-state index contributed by atoms with van der Waals surface area (Å²) < 4.78 is 59.5. The molecule has 0 spiro atoms. The molecular formula is C28H27F4NO3. The summed E-state index contributed by atoms with van der Waals surface area (Å²) in [7, 11) is 1.53. The van der Waals surface area contributed by atoms with Gasteiger partial charge in [0, 0.05) is 23.8 Å². The maximum Gasteiger partial charge on any atom is 0.393 e. The van der Waals surface area contributed by atoms with E-state index in [0.29, 0.717) is 23.4 Å². The highest BCUT2D eigenvalue weighted by atomic mass is 19.4. The predicted molar refractivity (Wildman–Crippen MR) is 130 cm³/mol. The van der Waals surface area contributed by atoms with E-state index in [1.807, 2.05) is 37.3 Å². The maximum absolute atomic E-state index is 14.4. The fourth-order valence-corrected chi connectivity index (χ4v) is 4.80. The Morgan fingerprint density at radius 1 is 1.08 bits per heavy atom. The van der Waals surface area contributed by atoms with Gasteiger partial charge < -0.3 is 14.7 Å². The van der Waals surface area contributed by atoms with Crippen molar-refractivity contribution in [2.24, 2.45) is 5.92 Å². The van der Waals surface area contributed by atoms with Crippen molar-refractivity contribution in [2.75, 3.05) is 18.6 Å². The molecule has 0 aromatic heterocycles. The number of ether oxygens (including phenoxy) is 1. The van der Waals surface area contributed by atoms with Gasteiger partial charge in [-0.2, -0.15) is 13.2 Å². The molecule has 0 saturated carbocycles. The Kier molecular flexibility index (Phi) is 7.24. The maximum atomic E-state index is 14.4. The number of alkyl halides is 3. The molecule has 1 saturated heterocycles. The molecule has 1 fully saturated rings. The molecule has 190 valence electrons. The molecule has 8 heteroatoms. The number of anilines is 1. The zero-order valence-corrected chi connectivity index (χ0v) is 20.0. The van der Waals surface area contributed by atoms with Crippen LogP contribution in [0.2, 0.25) is 0 Å². The zero-order valence-electron chi connectivity index (χ0n) is 20.0. The highest BCUT2D eigenvalue weighted by Crippen LogP contribution is 2.40. The summed E-state index contributed by atoms with van der Waals surface area (Å²) in [6, 6.07) is 16.8. The summed E-state index contributed by atoms with van der Waals surface area (Å²) in [6.45, 7) is 1.70. The largest absolute Gasteiger partial charge is 0.497 e. The van der Waals surface area contributed by atoms with Crippen molar-refractivity contribution in [1.29, 1.82) is 0 Å². The van der Waals surface area contributed by atoms with Crippen molar-refractivity contribution >= 4 is 11.7 Å². The summed E-state index contributed by atoms with van der Waals surface area (Å²) in [5.41, 5.74) is 4.75. The third kappa shape index (κ3) is 5.64. The van der Waals surface area contributed by atoms with E-state index in [9.17, 15) is 22.4 Å². The number of hydrogen-bond donors (Lipinski definition) is 1. The molecule has 0 unspecified atom stereocenters. The number of carbonyl (C=O) groups is 1. The molecule has 0 aliphatic carbocycles. The van der Waals surface area contributed by atoms with Crippen molar-refractivity contribution in [3.63, 3.8) is 0 Å². The molecule has 0 bridgehead atoms. The first kappa shape index (κ1) is 25.5. The van der Waals surface area contributed by atoms with Crippen molar-refractivity contribution in [1.82, 2.24) is 0 Å². The third-order valence-electron chi connectivity index (χ3n) is 6.78. The highest BCUT2D eigenvalue weighted by Gasteiger charge is 2.47. The second kappa shape index (κ2) is 10.2. The van der Waals surface area contributed by atoms with Crippen LogP contribution in [0.3, 0.4) is 0 Å². The number of halogens is 4. The van der Waals surface area contributed by atoms with E-state index in [2.05, 4.69) is 0 Å². The quantitative estimate of drug-likeness (QED) is 0.369. The van der Waals surface area contributed by atoms with Gasteiger partial charge in [0.05, 0.1) is 19.4 Å². The predicted octanol–water partition coefficient (Wildman–Crippen LogP) is 6.63. The van der Waals surface area contributed by atoms with E-state index in [0.717, 1.165) is 22.3 Å². The van der Waals surface area contributed by atoms with E-state index < -0.39 is 24.1 Å². The number of rotatable bonds is 7. The fourth-order valence-electron chi connectivity index (χ4n) is 4.80. The lowest BCUT2D eigenvalue weighted by atomic mass is 9.95. The van der Waals surface area contributed by atoms with Gasteiger partial charge in [0.1, 0.15) is 11.6 Å². The molecule has 4 nitrogen and oxygen atoms in total. The molecule has 3 aromatic rings. The van der Waals surface area contributed by atoms with E-state index in [-0.39, 0.29) is 25.2 Å². The van der Waals surface area contributed by atoms with E-state index in [4.69, 9.17) is 9.84 Å². The van der Waals surface area contributed by atoms with Gasteiger partial charge in [0.2, 0.25) is 0 Å². The minimum absolute atomic E-state index is 0.225. The van der Waals surface area contributed by atoms with Crippen LogP contribution in [0.15, 0.2) is 60.7 Å². The average Bonchev–Trinajstić information content (AvgIpc) is 3.25. The molecule has 2 atom stereocenters. The number of hydrogen-bond acceptors (Lipinski definition) is 3. The van der Waals surface area contributed by atoms with Crippen LogP contribution in [0.25, 0.3) is 11.1 Å². The minimum atomic E-state index is -4.36. The van der Waals surface area contributed by atoms with Crippen LogP contribution in [0, 0.1) is 18.7 Å². The Morgan fingerprint density at radius 2 is 1.81 bits per heavy atom. The Balaban J connectivity index is 1.51. The molecule has 0 radical (unpaired) electrons. The number of aryl methyl sites for hydroxylation is 1. The van der Waals surface area contributed by atoms with Crippen molar-refractivity contribution in [2.45, 2.75) is 38.4 Å². The molecular weight excluding hydrogens is 474 g/mol. The first-order valence-corrected chi connectivity index (χ1v) is 11.6. The van der Waals surface area contributed by atoms with Crippen LogP contribution < -0.4 is 9.64 Å². The smallest absolute Gasteiger partial charge is 0.393 e. The lowest BCUT2D eigenvalue weighted by Gasteiger charge is -2.26. The summed E-state index contributed by atoms with van der Waals surface area (Å²) in [6.07, 6.45) is -4.33. The van der Waals surface area contributed by atoms with Gasteiger partial charge >= 0.3 is 12.1 Å². The van der Waals surface area contributed by atoms with Crippen LogP contribution in [-0.4, -0.2) is 36.9 Å². The lowest BCUT2D eigenvalue weighted by molar-refractivity contribution is -0.169. The molecule has 3 aromatic carbocycles. The number of aliphatic carboxylic acids is 1. The van der Waals surface area contributed by atoms with Crippen LogP contribution in [0.5, 0.6) is 5.75 Å². The van der Waals surface area contributed by atoms with Crippen LogP contribution >= 0.6 is 0 Å². The van der Waals surface area contributed by atoms with Crippen LogP contribution in [-0.2, 0) is 11.2 Å². The van der Waals surface area contributed by atoms with Crippen LogP contribution in [0.4, 0.5) is 23.2 Å². The molecule has 1 heterocycles. The second-order valence-corrected chi connectivity index (χ2v) is 9.21. The molecule has 0 amide bonds. The van der Waals surface area contributed by atoms with Gasteiger partial charge in [-0.15, -0.1) is 0 Å². The summed E-state index contributed by atoms with van der Waals surface area (Å²) in [4.78, 5) is 12.8. The second-order valence-electron chi connectivity index (χ2n) is 9.21. The van der Waals surface area contributed by atoms with Gasteiger partial charge in [-0.1, -0.05) is 30.3 Å².